The largest absolute Gasteiger partial charge is 0.378 e. The summed E-state index contributed by atoms with van der Waals surface area (Å²) in [6, 6.07) is 3.06. The summed E-state index contributed by atoms with van der Waals surface area (Å²) >= 11 is 0. The average molecular weight is 366 g/mol. The first-order chi connectivity index (χ1) is 12.5. The molecule has 1 unspecified atom stereocenters. The number of aromatic nitrogens is 2. The van der Waals surface area contributed by atoms with E-state index in [0.29, 0.717) is 42.9 Å². The van der Waals surface area contributed by atoms with E-state index in [-0.39, 0.29) is 13.2 Å². The summed E-state index contributed by atoms with van der Waals surface area (Å²) in [7, 11) is 0. The zero-order valence-electron chi connectivity index (χ0n) is 14.2. The van der Waals surface area contributed by atoms with Gasteiger partial charge in [-0.2, -0.15) is 0 Å². The number of ether oxygens (including phenoxy) is 1. The predicted molar refractivity (Wildman–Crippen MR) is 92.5 cm³/mol. The molecule has 2 aromatic heterocycles. The number of piperidine rings is 1. The Balaban J connectivity index is 1.68. The molecule has 0 aromatic carbocycles. The number of alkyl halides is 3. The van der Waals surface area contributed by atoms with Gasteiger partial charge in [0.25, 0.3) is 5.92 Å². The van der Waals surface area contributed by atoms with Crippen LogP contribution in [0.4, 0.5) is 19.0 Å². The fraction of sp³-hybridized carbons (Fsp3) is 0.556. The summed E-state index contributed by atoms with van der Waals surface area (Å²) in [6.07, 6.45) is 2.89. The molecule has 3 atom stereocenters. The van der Waals surface area contributed by atoms with Crippen LogP contribution in [0.2, 0.25) is 0 Å². The standard InChI is InChI=1S/C18H21F3N4O/c19-14-9-26-6-3-15(14)25-16-7-12-11(8-24-16)1-5-23-17(12)13-2-4-22-10-18(13,20)21/h1,5,7-8,13-15,22H,2-4,6,9-10H2,(H,24,25)/t13?,14-,15-/m1/s1. The van der Waals surface area contributed by atoms with Crippen LogP contribution in [0, 0.1) is 0 Å². The number of fused-ring (bicyclic) bond motifs is 1. The van der Waals surface area contributed by atoms with Crippen LogP contribution in [-0.4, -0.2) is 54.4 Å². The Hall–Kier alpha value is -1.93. The smallest absolute Gasteiger partial charge is 0.268 e. The Kier molecular flexibility index (Phi) is 4.71. The van der Waals surface area contributed by atoms with Crippen LogP contribution in [0.25, 0.3) is 10.8 Å². The highest BCUT2D eigenvalue weighted by atomic mass is 19.3. The molecule has 2 N–H and O–H groups in total. The van der Waals surface area contributed by atoms with Crippen molar-refractivity contribution in [1.82, 2.24) is 15.3 Å². The summed E-state index contributed by atoms with van der Waals surface area (Å²) in [4.78, 5) is 8.58. The molecule has 5 nitrogen and oxygen atoms in total. The maximum Gasteiger partial charge on any atom is 0.268 e. The van der Waals surface area contributed by atoms with Crippen LogP contribution in [-0.2, 0) is 4.74 Å². The van der Waals surface area contributed by atoms with Gasteiger partial charge in [0.2, 0.25) is 0 Å². The van der Waals surface area contributed by atoms with Gasteiger partial charge in [-0.3, -0.25) is 4.98 Å². The molecule has 8 heteroatoms. The maximum absolute atomic E-state index is 14.4. The third-order valence-electron chi connectivity index (χ3n) is 5.11. The second-order valence-corrected chi connectivity index (χ2v) is 6.90. The average Bonchev–Trinajstić information content (AvgIpc) is 2.63. The third kappa shape index (κ3) is 3.35. The van der Waals surface area contributed by atoms with E-state index >= 15 is 0 Å². The van der Waals surface area contributed by atoms with Gasteiger partial charge in [-0.05, 0) is 31.5 Å². The highest BCUT2D eigenvalue weighted by Crippen LogP contribution is 2.39. The van der Waals surface area contributed by atoms with E-state index in [1.165, 1.54) is 0 Å². The fourth-order valence-electron chi connectivity index (χ4n) is 3.67. The van der Waals surface area contributed by atoms with Crippen molar-refractivity contribution in [3.05, 3.63) is 30.2 Å². The summed E-state index contributed by atoms with van der Waals surface area (Å²) in [5, 5.41) is 7.20. The van der Waals surface area contributed by atoms with Crippen molar-refractivity contribution in [2.24, 2.45) is 0 Å². The summed E-state index contributed by atoms with van der Waals surface area (Å²) in [6.45, 7) is 0.719. The van der Waals surface area contributed by atoms with E-state index in [0.717, 1.165) is 5.39 Å². The molecule has 0 radical (unpaired) electrons. The topological polar surface area (TPSA) is 59.1 Å². The number of anilines is 1. The third-order valence-corrected chi connectivity index (χ3v) is 5.11. The molecule has 0 bridgehead atoms. The van der Waals surface area contributed by atoms with Crippen molar-refractivity contribution in [3.8, 4) is 0 Å². The lowest BCUT2D eigenvalue weighted by Crippen LogP contribution is -2.45. The number of nitrogens with zero attached hydrogens (tertiary/aromatic N) is 2. The van der Waals surface area contributed by atoms with Crippen LogP contribution >= 0.6 is 0 Å². The minimum absolute atomic E-state index is 0.0549. The lowest BCUT2D eigenvalue weighted by atomic mass is 9.88. The van der Waals surface area contributed by atoms with E-state index in [1.54, 1.807) is 24.5 Å². The van der Waals surface area contributed by atoms with Crippen molar-refractivity contribution in [1.29, 1.82) is 0 Å². The molecule has 4 rings (SSSR count). The summed E-state index contributed by atoms with van der Waals surface area (Å²) in [5.74, 6) is -3.33. The number of hydrogen-bond acceptors (Lipinski definition) is 5. The number of nitrogens with one attached hydrogen (secondary N) is 2. The zero-order chi connectivity index (χ0) is 18.1. The number of rotatable bonds is 3. The Morgan fingerprint density at radius 3 is 2.96 bits per heavy atom. The number of halogens is 3. The van der Waals surface area contributed by atoms with Crippen molar-refractivity contribution >= 4 is 16.6 Å². The molecular formula is C18H21F3N4O. The van der Waals surface area contributed by atoms with Crippen LogP contribution in [0.5, 0.6) is 0 Å². The molecule has 0 spiro atoms. The molecule has 2 fully saturated rings. The first-order valence-electron chi connectivity index (χ1n) is 8.86. The van der Waals surface area contributed by atoms with E-state index in [9.17, 15) is 13.2 Å². The van der Waals surface area contributed by atoms with Gasteiger partial charge in [-0.15, -0.1) is 0 Å². The predicted octanol–water partition coefficient (Wildman–Crippen LogP) is 2.88. The number of hydrogen-bond donors (Lipinski definition) is 2. The minimum Gasteiger partial charge on any atom is -0.378 e. The van der Waals surface area contributed by atoms with Gasteiger partial charge in [0, 0.05) is 29.8 Å². The Bertz CT molecular complexity index is 788. The second kappa shape index (κ2) is 7.00. The second-order valence-electron chi connectivity index (χ2n) is 6.90. The highest BCUT2D eigenvalue weighted by Gasteiger charge is 2.43. The quantitative estimate of drug-likeness (QED) is 0.875. The molecule has 2 saturated heterocycles. The molecule has 2 aromatic rings. The van der Waals surface area contributed by atoms with Gasteiger partial charge in [-0.1, -0.05) is 0 Å². The summed E-state index contributed by atoms with van der Waals surface area (Å²) < 4.78 is 47.9. The molecule has 0 amide bonds. The fourth-order valence-corrected chi connectivity index (χ4v) is 3.67. The Labute approximate surface area is 149 Å². The van der Waals surface area contributed by atoms with E-state index < -0.39 is 24.1 Å². The molecular weight excluding hydrogens is 345 g/mol. The number of pyridine rings is 2. The van der Waals surface area contributed by atoms with Gasteiger partial charge in [0.1, 0.15) is 12.0 Å². The molecule has 2 aliphatic heterocycles. The van der Waals surface area contributed by atoms with Crippen LogP contribution in [0.1, 0.15) is 24.5 Å². The van der Waals surface area contributed by atoms with Crippen LogP contribution < -0.4 is 10.6 Å². The first kappa shape index (κ1) is 17.5. The molecule has 26 heavy (non-hydrogen) atoms. The van der Waals surface area contributed by atoms with E-state index in [2.05, 4.69) is 20.6 Å². The lowest BCUT2D eigenvalue weighted by molar-refractivity contribution is -0.0427. The van der Waals surface area contributed by atoms with Gasteiger partial charge in [-0.25, -0.2) is 18.2 Å². The minimum atomic E-state index is -2.86. The van der Waals surface area contributed by atoms with Gasteiger partial charge in [0.15, 0.2) is 0 Å². The van der Waals surface area contributed by atoms with Gasteiger partial charge >= 0.3 is 0 Å². The molecule has 0 saturated carbocycles. The van der Waals surface area contributed by atoms with Crippen LogP contribution in [0.15, 0.2) is 24.5 Å². The summed E-state index contributed by atoms with van der Waals surface area (Å²) in [5.41, 5.74) is 0.378. The SMILES string of the molecule is F[C@@H]1COCC[C@H]1Nc1cc2c(C3CCNCC3(F)F)nccc2cn1. The molecule has 2 aliphatic rings. The van der Waals surface area contributed by atoms with Gasteiger partial charge < -0.3 is 15.4 Å². The van der Waals surface area contributed by atoms with Crippen molar-refractivity contribution in [3.63, 3.8) is 0 Å². The maximum atomic E-state index is 14.4. The van der Waals surface area contributed by atoms with E-state index in [1.807, 2.05) is 0 Å². The normalized spacial score (nSPS) is 28.8. The highest BCUT2D eigenvalue weighted by molar-refractivity contribution is 5.86. The Morgan fingerprint density at radius 1 is 1.27 bits per heavy atom. The monoisotopic (exact) mass is 366 g/mol. The van der Waals surface area contributed by atoms with E-state index in [4.69, 9.17) is 4.74 Å². The molecule has 0 aliphatic carbocycles. The van der Waals surface area contributed by atoms with Crippen molar-refractivity contribution in [2.45, 2.75) is 36.9 Å². The molecule has 140 valence electrons. The Morgan fingerprint density at radius 2 is 2.15 bits per heavy atom. The zero-order valence-corrected chi connectivity index (χ0v) is 14.2. The first-order valence-corrected chi connectivity index (χ1v) is 8.86. The lowest BCUT2D eigenvalue weighted by Gasteiger charge is -2.32. The molecule has 4 heterocycles. The van der Waals surface area contributed by atoms with Gasteiger partial charge in [0.05, 0.1) is 30.8 Å². The van der Waals surface area contributed by atoms with Crippen molar-refractivity contribution < 1.29 is 17.9 Å². The van der Waals surface area contributed by atoms with Crippen molar-refractivity contribution in [2.75, 3.05) is 31.6 Å². The van der Waals surface area contributed by atoms with Crippen LogP contribution in [0.3, 0.4) is 0 Å².